The highest BCUT2D eigenvalue weighted by Crippen LogP contribution is 2.28. The fraction of sp³-hybridized carbons (Fsp3) is 0.444. The molecular formula is C18H24N2S. The first-order valence-electron chi connectivity index (χ1n) is 7.78. The van der Waals surface area contributed by atoms with Crippen molar-refractivity contribution in [3.05, 3.63) is 58.3 Å². The van der Waals surface area contributed by atoms with Crippen molar-refractivity contribution in [2.45, 2.75) is 38.4 Å². The van der Waals surface area contributed by atoms with Gasteiger partial charge in [-0.25, -0.2) is 0 Å². The molecule has 0 bridgehead atoms. The third-order valence-corrected chi connectivity index (χ3v) is 5.45. The van der Waals surface area contributed by atoms with Crippen LogP contribution in [-0.2, 0) is 12.1 Å². The summed E-state index contributed by atoms with van der Waals surface area (Å²) in [6.07, 6.45) is 1.20. The van der Waals surface area contributed by atoms with Crippen LogP contribution in [0.15, 0.2) is 47.8 Å². The average Bonchev–Trinajstić information content (AvgIpc) is 3.01. The van der Waals surface area contributed by atoms with Crippen LogP contribution < -0.4 is 5.32 Å². The molecule has 2 heterocycles. The van der Waals surface area contributed by atoms with E-state index in [9.17, 15) is 0 Å². The number of thiophene rings is 1. The number of rotatable bonds is 4. The van der Waals surface area contributed by atoms with Gasteiger partial charge in [0.05, 0.1) is 5.54 Å². The van der Waals surface area contributed by atoms with Gasteiger partial charge in [-0.3, -0.25) is 4.90 Å². The lowest BCUT2D eigenvalue weighted by Crippen LogP contribution is -2.60. The van der Waals surface area contributed by atoms with Crippen molar-refractivity contribution in [1.29, 1.82) is 0 Å². The molecule has 0 spiro atoms. The molecule has 0 radical (unpaired) electrons. The van der Waals surface area contributed by atoms with E-state index < -0.39 is 0 Å². The zero-order chi connectivity index (χ0) is 14.7. The molecule has 21 heavy (non-hydrogen) atoms. The molecule has 3 rings (SSSR count). The number of nitrogens with zero attached hydrogens (tertiary/aromatic N) is 1. The van der Waals surface area contributed by atoms with Gasteiger partial charge in [0.25, 0.3) is 0 Å². The van der Waals surface area contributed by atoms with E-state index in [-0.39, 0.29) is 5.54 Å². The van der Waals surface area contributed by atoms with Crippen molar-refractivity contribution in [1.82, 2.24) is 10.2 Å². The minimum absolute atomic E-state index is 0.0458. The molecule has 2 nitrogen and oxygen atoms in total. The van der Waals surface area contributed by atoms with E-state index in [1.807, 2.05) is 11.3 Å². The van der Waals surface area contributed by atoms with E-state index in [2.05, 4.69) is 71.9 Å². The number of nitrogens with one attached hydrogen (secondary N) is 1. The maximum absolute atomic E-state index is 3.78. The van der Waals surface area contributed by atoms with Crippen molar-refractivity contribution >= 4 is 11.3 Å². The lowest BCUT2D eigenvalue weighted by Gasteiger charge is -2.46. The molecule has 1 N–H and O–H groups in total. The van der Waals surface area contributed by atoms with Gasteiger partial charge in [-0.1, -0.05) is 43.3 Å². The first-order chi connectivity index (χ1) is 10.2. The molecule has 1 aliphatic heterocycles. The van der Waals surface area contributed by atoms with Crippen LogP contribution in [0.3, 0.4) is 0 Å². The Balaban J connectivity index is 1.80. The van der Waals surface area contributed by atoms with Crippen molar-refractivity contribution in [2.24, 2.45) is 0 Å². The van der Waals surface area contributed by atoms with E-state index in [1.54, 1.807) is 0 Å². The maximum Gasteiger partial charge on any atom is 0.0535 e. The Morgan fingerprint density at radius 2 is 2.05 bits per heavy atom. The fourth-order valence-electron chi connectivity index (χ4n) is 3.25. The van der Waals surface area contributed by atoms with Crippen molar-refractivity contribution in [3.8, 4) is 0 Å². The third-order valence-electron chi connectivity index (χ3n) is 4.58. The van der Waals surface area contributed by atoms with Crippen LogP contribution >= 0.6 is 11.3 Å². The zero-order valence-corrected chi connectivity index (χ0v) is 13.7. The highest BCUT2D eigenvalue weighted by molar-refractivity contribution is 7.09. The molecule has 2 atom stereocenters. The highest BCUT2D eigenvalue weighted by Gasteiger charge is 2.36. The second-order valence-corrected chi connectivity index (χ2v) is 7.16. The molecule has 1 aromatic carbocycles. The number of benzene rings is 1. The van der Waals surface area contributed by atoms with E-state index in [4.69, 9.17) is 0 Å². The van der Waals surface area contributed by atoms with Gasteiger partial charge in [0.2, 0.25) is 0 Å². The highest BCUT2D eigenvalue weighted by atomic mass is 32.1. The van der Waals surface area contributed by atoms with Crippen LogP contribution in [0.4, 0.5) is 0 Å². The van der Waals surface area contributed by atoms with Crippen LogP contribution in [0.5, 0.6) is 0 Å². The van der Waals surface area contributed by atoms with Gasteiger partial charge < -0.3 is 5.32 Å². The Kier molecular flexibility index (Phi) is 4.43. The molecule has 1 aromatic heterocycles. The van der Waals surface area contributed by atoms with E-state index in [0.29, 0.717) is 6.04 Å². The predicted molar refractivity (Wildman–Crippen MR) is 90.6 cm³/mol. The van der Waals surface area contributed by atoms with E-state index in [0.717, 1.165) is 19.6 Å². The van der Waals surface area contributed by atoms with Crippen LogP contribution in [0.25, 0.3) is 0 Å². The largest absolute Gasteiger partial charge is 0.305 e. The average molecular weight is 300 g/mol. The lowest BCUT2D eigenvalue weighted by molar-refractivity contribution is 0.0773. The molecule has 2 unspecified atom stereocenters. The standard InChI is InChI=1S/C18H24N2S/c1-3-16-12-19-18(2,15-8-5-4-6-9-15)14-20(16)13-17-10-7-11-21-17/h4-11,16,19H,3,12-14H2,1-2H3. The quantitative estimate of drug-likeness (QED) is 0.922. The predicted octanol–water partition coefficient (Wildman–Crippen LogP) is 3.85. The van der Waals surface area contributed by atoms with Crippen LogP contribution in [0.2, 0.25) is 0 Å². The normalized spacial score (nSPS) is 26.9. The molecule has 0 amide bonds. The maximum atomic E-state index is 3.78. The lowest BCUT2D eigenvalue weighted by atomic mass is 9.87. The summed E-state index contributed by atoms with van der Waals surface area (Å²) < 4.78 is 0. The van der Waals surface area contributed by atoms with E-state index >= 15 is 0 Å². The Morgan fingerprint density at radius 1 is 1.24 bits per heavy atom. The van der Waals surface area contributed by atoms with Crippen molar-refractivity contribution in [2.75, 3.05) is 13.1 Å². The minimum atomic E-state index is 0.0458. The van der Waals surface area contributed by atoms with Crippen LogP contribution in [0.1, 0.15) is 30.7 Å². The van der Waals surface area contributed by atoms with Gasteiger partial charge in [-0.2, -0.15) is 0 Å². The summed E-state index contributed by atoms with van der Waals surface area (Å²) in [4.78, 5) is 4.11. The second-order valence-electron chi connectivity index (χ2n) is 6.13. The topological polar surface area (TPSA) is 15.3 Å². The monoisotopic (exact) mass is 300 g/mol. The molecular weight excluding hydrogens is 276 g/mol. The summed E-state index contributed by atoms with van der Waals surface area (Å²) in [7, 11) is 0. The molecule has 1 aliphatic rings. The van der Waals surface area contributed by atoms with Gasteiger partial charge in [-0.05, 0) is 30.4 Å². The number of hydrogen-bond donors (Lipinski definition) is 1. The van der Waals surface area contributed by atoms with E-state index in [1.165, 1.54) is 16.9 Å². The smallest absolute Gasteiger partial charge is 0.0535 e. The summed E-state index contributed by atoms with van der Waals surface area (Å²) in [5.41, 5.74) is 1.43. The van der Waals surface area contributed by atoms with Gasteiger partial charge in [-0.15, -0.1) is 11.3 Å². The van der Waals surface area contributed by atoms with Crippen molar-refractivity contribution < 1.29 is 0 Å². The van der Waals surface area contributed by atoms with Gasteiger partial charge in [0, 0.05) is 30.6 Å². The molecule has 0 aliphatic carbocycles. The molecule has 0 saturated carbocycles. The molecule has 112 valence electrons. The summed E-state index contributed by atoms with van der Waals surface area (Å²) in [5.74, 6) is 0. The van der Waals surface area contributed by atoms with Gasteiger partial charge in [0.1, 0.15) is 0 Å². The first-order valence-corrected chi connectivity index (χ1v) is 8.66. The molecule has 2 aromatic rings. The Hall–Kier alpha value is -1.16. The third kappa shape index (κ3) is 3.20. The molecule has 3 heteroatoms. The fourth-order valence-corrected chi connectivity index (χ4v) is 3.98. The second kappa shape index (κ2) is 6.30. The Morgan fingerprint density at radius 3 is 2.71 bits per heavy atom. The number of hydrogen-bond acceptors (Lipinski definition) is 3. The summed E-state index contributed by atoms with van der Waals surface area (Å²) in [6, 6.07) is 15.9. The Bertz CT molecular complexity index is 552. The SMILES string of the molecule is CCC1CNC(C)(c2ccccc2)CN1Cc1cccs1. The molecule has 1 fully saturated rings. The summed E-state index contributed by atoms with van der Waals surface area (Å²) >= 11 is 1.86. The van der Waals surface area contributed by atoms with Gasteiger partial charge in [0.15, 0.2) is 0 Å². The van der Waals surface area contributed by atoms with Gasteiger partial charge >= 0.3 is 0 Å². The van der Waals surface area contributed by atoms with Crippen LogP contribution in [0, 0.1) is 0 Å². The minimum Gasteiger partial charge on any atom is -0.305 e. The van der Waals surface area contributed by atoms with Crippen LogP contribution in [-0.4, -0.2) is 24.0 Å². The number of piperazine rings is 1. The van der Waals surface area contributed by atoms with Crippen molar-refractivity contribution in [3.63, 3.8) is 0 Å². The first kappa shape index (κ1) is 14.8. The summed E-state index contributed by atoms with van der Waals surface area (Å²) in [5, 5.41) is 5.96. The zero-order valence-electron chi connectivity index (χ0n) is 12.9. The Labute approximate surface area is 131 Å². The summed E-state index contributed by atoms with van der Waals surface area (Å²) in [6.45, 7) is 7.82. The molecule has 1 saturated heterocycles.